The van der Waals surface area contributed by atoms with Gasteiger partial charge in [-0.25, -0.2) is 13.1 Å². The van der Waals surface area contributed by atoms with Crippen molar-refractivity contribution >= 4 is 15.9 Å². The smallest absolute Gasteiger partial charge is 0.251 e. The first-order valence-electron chi connectivity index (χ1n) is 10.7. The van der Waals surface area contributed by atoms with Crippen molar-refractivity contribution in [3.8, 4) is 5.75 Å². The van der Waals surface area contributed by atoms with Crippen LogP contribution in [0.3, 0.4) is 0 Å². The first-order valence-corrected chi connectivity index (χ1v) is 12.2. The summed E-state index contributed by atoms with van der Waals surface area (Å²) >= 11 is 0. The lowest BCUT2D eigenvalue weighted by Gasteiger charge is -2.14. The number of benzene rings is 2. The molecule has 0 spiro atoms. The number of sulfonamides is 1. The second-order valence-corrected chi connectivity index (χ2v) is 9.80. The zero-order chi connectivity index (χ0) is 24.2. The van der Waals surface area contributed by atoms with Crippen molar-refractivity contribution in [2.24, 2.45) is 0 Å². The molecule has 8 nitrogen and oxygen atoms in total. The number of hydrogen-bond acceptors (Lipinski definition) is 5. The minimum absolute atomic E-state index is 0.0746. The summed E-state index contributed by atoms with van der Waals surface area (Å²) in [5.41, 5.74) is 4.10. The summed E-state index contributed by atoms with van der Waals surface area (Å²) in [6, 6.07) is 14.1. The molecule has 1 amide bonds. The van der Waals surface area contributed by atoms with Crippen LogP contribution in [-0.4, -0.2) is 37.3 Å². The van der Waals surface area contributed by atoms with Crippen molar-refractivity contribution in [1.82, 2.24) is 19.8 Å². The van der Waals surface area contributed by atoms with E-state index in [0.717, 1.165) is 22.5 Å². The van der Waals surface area contributed by atoms with Crippen LogP contribution in [0.5, 0.6) is 5.75 Å². The highest BCUT2D eigenvalue weighted by molar-refractivity contribution is 7.89. The molecule has 0 radical (unpaired) electrons. The molecule has 3 aromatic rings. The van der Waals surface area contributed by atoms with E-state index in [4.69, 9.17) is 4.74 Å². The van der Waals surface area contributed by atoms with Gasteiger partial charge in [0.25, 0.3) is 5.91 Å². The van der Waals surface area contributed by atoms with Crippen molar-refractivity contribution in [3.63, 3.8) is 0 Å². The van der Waals surface area contributed by atoms with Crippen LogP contribution in [0.2, 0.25) is 0 Å². The van der Waals surface area contributed by atoms with E-state index in [1.807, 2.05) is 48.9 Å². The van der Waals surface area contributed by atoms with Crippen LogP contribution in [0.1, 0.15) is 46.7 Å². The summed E-state index contributed by atoms with van der Waals surface area (Å²) in [5.74, 6) is -0.207. The predicted molar refractivity (Wildman–Crippen MR) is 127 cm³/mol. The van der Waals surface area contributed by atoms with Gasteiger partial charge in [-0.2, -0.15) is 5.10 Å². The monoisotopic (exact) mass is 470 g/mol. The van der Waals surface area contributed by atoms with E-state index in [1.54, 1.807) is 19.9 Å². The first kappa shape index (κ1) is 24.5. The molecule has 0 saturated heterocycles. The number of nitrogens with zero attached hydrogens (tertiary/aromatic N) is 2. The zero-order valence-corrected chi connectivity index (χ0v) is 20.4. The molecule has 2 N–H and O–H groups in total. The molecule has 0 fully saturated rings. The lowest BCUT2D eigenvalue weighted by Crippen LogP contribution is -2.31. The summed E-state index contributed by atoms with van der Waals surface area (Å²) in [7, 11) is -2.44. The van der Waals surface area contributed by atoms with Crippen LogP contribution in [0.25, 0.3) is 0 Å². The maximum atomic E-state index is 12.8. The lowest BCUT2D eigenvalue weighted by molar-refractivity contribution is 0.0950. The molecular formula is C24H30N4O4S. The predicted octanol–water partition coefficient (Wildman–Crippen LogP) is 3.17. The minimum Gasteiger partial charge on any atom is -0.495 e. The number of rotatable bonds is 9. The Balaban J connectivity index is 1.78. The third-order valence-electron chi connectivity index (χ3n) is 5.24. The Labute approximate surface area is 195 Å². The summed E-state index contributed by atoms with van der Waals surface area (Å²) < 4.78 is 35.0. The molecule has 0 aliphatic carbocycles. The van der Waals surface area contributed by atoms with Gasteiger partial charge in [-0.05, 0) is 51.5 Å². The topological polar surface area (TPSA) is 102 Å². The lowest BCUT2D eigenvalue weighted by atomic mass is 10.1. The molecule has 0 aliphatic rings. The molecule has 0 aliphatic heterocycles. The third-order valence-corrected chi connectivity index (χ3v) is 6.92. The molecule has 0 bridgehead atoms. The van der Waals surface area contributed by atoms with Crippen molar-refractivity contribution < 1.29 is 17.9 Å². The normalized spacial score (nSPS) is 11.6. The fourth-order valence-electron chi connectivity index (χ4n) is 3.57. The first-order chi connectivity index (χ1) is 15.6. The Morgan fingerprint density at radius 3 is 2.45 bits per heavy atom. The van der Waals surface area contributed by atoms with E-state index in [9.17, 15) is 13.2 Å². The summed E-state index contributed by atoms with van der Waals surface area (Å²) in [6.07, 6.45) is 0. The van der Waals surface area contributed by atoms with Gasteiger partial charge in [0, 0.05) is 29.4 Å². The quantitative estimate of drug-likeness (QED) is 0.500. The molecule has 0 atom stereocenters. The van der Waals surface area contributed by atoms with Crippen LogP contribution in [-0.2, 0) is 23.1 Å². The number of carbonyl (C=O) groups excluding carboxylic acids is 1. The van der Waals surface area contributed by atoms with Gasteiger partial charge in [0.2, 0.25) is 10.0 Å². The van der Waals surface area contributed by atoms with Gasteiger partial charge in [-0.3, -0.25) is 9.48 Å². The second kappa shape index (κ2) is 10.2. The highest BCUT2D eigenvalue weighted by Gasteiger charge is 2.23. The van der Waals surface area contributed by atoms with E-state index in [2.05, 4.69) is 15.1 Å². The van der Waals surface area contributed by atoms with Crippen LogP contribution >= 0.6 is 0 Å². The molecule has 2 aromatic carbocycles. The molecule has 3 rings (SSSR count). The summed E-state index contributed by atoms with van der Waals surface area (Å²) in [6.45, 7) is 8.26. The molecule has 0 unspecified atom stereocenters. The molecule has 176 valence electrons. The molecule has 33 heavy (non-hydrogen) atoms. The number of aryl methyl sites for hydroxylation is 1. The molecular weight excluding hydrogens is 440 g/mol. The second-order valence-electron chi connectivity index (χ2n) is 8.12. The molecule has 9 heteroatoms. The highest BCUT2D eigenvalue weighted by Crippen LogP contribution is 2.25. The Bertz CT molecular complexity index is 1230. The van der Waals surface area contributed by atoms with Gasteiger partial charge >= 0.3 is 0 Å². The van der Waals surface area contributed by atoms with E-state index in [1.165, 1.54) is 19.2 Å². The number of hydrogen-bond donors (Lipinski definition) is 2. The number of nitrogens with one attached hydrogen (secondary N) is 2. The number of ether oxygens (including phenoxy) is 1. The maximum Gasteiger partial charge on any atom is 0.251 e. The number of carbonyl (C=O) groups is 1. The standard InChI is InChI=1S/C24H30N4O4S/c1-16(2)27-33(30,31)23-13-20(11-12-22(23)32-5)24(29)25-14-21-17(3)26-28(18(21)4)15-19-9-7-6-8-10-19/h6-13,16,27H,14-15H2,1-5H3,(H,25,29). The Kier molecular flexibility index (Phi) is 7.55. The Morgan fingerprint density at radius 1 is 1.12 bits per heavy atom. The van der Waals surface area contributed by atoms with Gasteiger partial charge in [0.1, 0.15) is 10.6 Å². The average Bonchev–Trinajstić information content (AvgIpc) is 3.03. The summed E-state index contributed by atoms with van der Waals surface area (Å²) in [5, 5.41) is 7.50. The zero-order valence-electron chi connectivity index (χ0n) is 19.5. The summed E-state index contributed by atoms with van der Waals surface area (Å²) in [4.78, 5) is 12.8. The van der Waals surface area contributed by atoms with E-state index < -0.39 is 10.0 Å². The van der Waals surface area contributed by atoms with E-state index in [0.29, 0.717) is 6.54 Å². The van der Waals surface area contributed by atoms with Crippen LogP contribution in [0.4, 0.5) is 0 Å². The van der Waals surface area contributed by atoms with Crippen molar-refractivity contribution in [2.75, 3.05) is 7.11 Å². The fourth-order valence-corrected chi connectivity index (χ4v) is 5.02. The third kappa shape index (κ3) is 5.80. The van der Waals surface area contributed by atoms with Gasteiger partial charge in [0.15, 0.2) is 0 Å². The number of amides is 1. The van der Waals surface area contributed by atoms with Crippen LogP contribution in [0.15, 0.2) is 53.4 Å². The minimum atomic E-state index is -3.83. The largest absolute Gasteiger partial charge is 0.495 e. The molecule has 0 saturated carbocycles. The molecule has 1 heterocycles. The van der Waals surface area contributed by atoms with E-state index in [-0.39, 0.29) is 34.7 Å². The van der Waals surface area contributed by atoms with Gasteiger partial charge in [0.05, 0.1) is 19.3 Å². The molecule has 1 aromatic heterocycles. The highest BCUT2D eigenvalue weighted by atomic mass is 32.2. The van der Waals surface area contributed by atoms with Crippen molar-refractivity contribution in [2.45, 2.75) is 51.7 Å². The number of aromatic nitrogens is 2. The Hall–Kier alpha value is -3.17. The van der Waals surface area contributed by atoms with Crippen LogP contribution in [0, 0.1) is 13.8 Å². The average molecular weight is 471 g/mol. The SMILES string of the molecule is COc1ccc(C(=O)NCc2c(C)nn(Cc3ccccc3)c2C)cc1S(=O)(=O)NC(C)C. The van der Waals surface area contributed by atoms with Gasteiger partial charge < -0.3 is 10.1 Å². The van der Waals surface area contributed by atoms with E-state index >= 15 is 0 Å². The van der Waals surface area contributed by atoms with Gasteiger partial charge in [-0.15, -0.1) is 0 Å². The van der Waals surface area contributed by atoms with Crippen LogP contribution < -0.4 is 14.8 Å². The number of methoxy groups -OCH3 is 1. The van der Waals surface area contributed by atoms with Gasteiger partial charge in [-0.1, -0.05) is 30.3 Å². The maximum absolute atomic E-state index is 12.8. The Morgan fingerprint density at radius 2 is 1.82 bits per heavy atom. The fraction of sp³-hybridized carbons (Fsp3) is 0.333. The van der Waals surface area contributed by atoms with Crippen molar-refractivity contribution in [3.05, 3.63) is 76.6 Å². The van der Waals surface area contributed by atoms with Crippen molar-refractivity contribution in [1.29, 1.82) is 0 Å².